The van der Waals surface area contributed by atoms with Gasteiger partial charge in [0.1, 0.15) is 0 Å². The molecule has 0 aromatic rings. The molecule has 0 bridgehead atoms. The van der Waals surface area contributed by atoms with E-state index in [4.69, 9.17) is 9.47 Å². The molecule has 5 rings (SSSR count). The fraction of sp³-hybridized carbons (Fsp3) is 0.810. The summed E-state index contributed by atoms with van der Waals surface area (Å²) in [5.41, 5.74) is 1.89. The van der Waals surface area contributed by atoms with E-state index in [1.807, 2.05) is 0 Å². The first-order chi connectivity index (χ1) is 11.5. The summed E-state index contributed by atoms with van der Waals surface area (Å²) >= 11 is 0. The monoisotopic (exact) mass is 330 g/mol. The van der Waals surface area contributed by atoms with Crippen molar-refractivity contribution >= 4 is 0 Å². The fourth-order valence-electron chi connectivity index (χ4n) is 6.80. The van der Waals surface area contributed by atoms with Crippen LogP contribution in [0.1, 0.15) is 46.0 Å². The number of fused-ring (bicyclic) bond motifs is 7. The molecule has 0 radical (unpaired) electrons. The van der Waals surface area contributed by atoms with Crippen LogP contribution in [0.3, 0.4) is 0 Å². The second-order valence-corrected chi connectivity index (χ2v) is 9.24. The Morgan fingerprint density at radius 2 is 2.04 bits per heavy atom. The topological polar surface area (TPSA) is 38.7 Å². The zero-order valence-corrected chi connectivity index (χ0v) is 14.9. The predicted molar refractivity (Wildman–Crippen MR) is 92.5 cm³/mol. The normalized spacial score (nSPS) is 55.9. The summed E-state index contributed by atoms with van der Waals surface area (Å²) in [5.74, 6) is 1.96. The van der Waals surface area contributed by atoms with Gasteiger partial charge in [0, 0.05) is 5.41 Å². The van der Waals surface area contributed by atoms with E-state index in [-0.39, 0.29) is 29.1 Å². The van der Waals surface area contributed by atoms with Crippen LogP contribution in [0.5, 0.6) is 0 Å². The minimum Gasteiger partial charge on any atom is -0.393 e. The Hall–Kier alpha value is -0.640. The summed E-state index contributed by atoms with van der Waals surface area (Å²) in [7, 11) is 0. The zero-order valence-electron chi connectivity index (χ0n) is 14.9. The summed E-state index contributed by atoms with van der Waals surface area (Å²) in [6.45, 7) is 6.34. The lowest BCUT2D eigenvalue weighted by Gasteiger charge is -2.55. The minimum absolute atomic E-state index is 0.127. The highest BCUT2D eigenvalue weighted by Gasteiger charge is 2.60. The van der Waals surface area contributed by atoms with Gasteiger partial charge in [0.2, 0.25) is 0 Å². The van der Waals surface area contributed by atoms with Crippen molar-refractivity contribution in [3.63, 3.8) is 0 Å². The molecule has 1 aliphatic heterocycles. The molecule has 1 N–H and O–H groups in total. The SMILES string of the molecule is C[C@]12CC[C@H](O)CC1=CC[C@@H]1[C@@H]2C=C[C@]2(C)C3OCCOC3C[C@@H]12. The van der Waals surface area contributed by atoms with E-state index in [0.29, 0.717) is 17.8 Å². The molecule has 1 saturated heterocycles. The van der Waals surface area contributed by atoms with Crippen LogP contribution < -0.4 is 0 Å². The molecule has 0 aromatic heterocycles. The van der Waals surface area contributed by atoms with Crippen LogP contribution >= 0.6 is 0 Å². The quantitative estimate of drug-likeness (QED) is 0.691. The second-order valence-electron chi connectivity index (χ2n) is 9.24. The van der Waals surface area contributed by atoms with Crippen molar-refractivity contribution < 1.29 is 14.6 Å². The Morgan fingerprint density at radius 1 is 1.21 bits per heavy atom. The van der Waals surface area contributed by atoms with Crippen LogP contribution in [0.2, 0.25) is 0 Å². The van der Waals surface area contributed by atoms with Crippen molar-refractivity contribution in [2.45, 2.75) is 64.3 Å². The summed E-state index contributed by atoms with van der Waals surface area (Å²) < 4.78 is 12.3. The maximum atomic E-state index is 10.1. The Bertz CT molecular complexity index is 596. The van der Waals surface area contributed by atoms with Crippen molar-refractivity contribution in [2.75, 3.05) is 13.2 Å². The highest BCUT2D eigenvalue weighted by molar-refractivity contribution is 5.31. The highest BCUT2D eigenvalue weighted by Crippen LogP contribution is 2.63. The first-order valence-electron chi connectivity index (χ1n) is 9.82. The van der Waals surface area contributed by atoms with Gasteiger partial charge in [0.25, 0.3) is 0 Å². The lowest BCUT2D eigenvalue weighted by molar-refractivity contribution is -0.149. The first-order valence-corrected chi connectivity index (χ1v) is 9.82. The largest absolute Gasteiger partial charge is 0.393 e. The number of rotatable bonds is 0. The maximum Gasteiger partial charge on any atom is 0.0928 e. The van der Waals surface area contributed by atoms with E-state index < -0.39 is 0 Å². The molecule has 1 heterocycles. The summed E-state index contributed by atoms with van der Waals surface area (Å²) in [6.07, 6.45) is 13.1. The molecule has 3 nitrogen and oxygen atoms in total. The summed E-state index contributed by atoms with van der Waals surface area (Å²) in [6, 6.07) is 0. The molecule has 2 unspecified atom stereocenters. The van der Waals surface area contributed by atoms with Crippen LogP contribution in [0.15, 0.2) is 23.8 Å². The van der Waals surface area contributed by atoms with Crippen LogP contribution in [-0.4, -0.2) is 36.6 Å². The Kier molecular flexibility index (Phi) is 3.37. The van der Waals surface area contributed by atoms with E-state index in [1.165, 1.54) is 5.57 Å². The average Bonchev–Trinajstić information content (AvgIpc) is 2.89. The molecular formula is C21H30O3. The lowest BCUT2D eigenvalue weighted by atomic mass is 9.50. The number of allylic oxidation sites excluding steroid dienone is 2. The van der Waals surface area contributed by atoms with Gasteiger partial charge in [-0.05, 0) is 55.3 Å². The van der Waals surface area contributed by atoms with Gasteiger partial charge < -0.3 is 14.6 Å². The van der Waals surface area contributed by atoms with Gasteiger partial charge >= 0.3 is 0 Å². The smallest absolute Gasteiger partial charge is 0.0928 e. The number of aliphatic hydroxyl groups is 1. The van der Waals surface area contributed by atoms with Crippen molar-refractivity contribution in [2.24, 2.45) is 28.6 Å². The third-order valence-corrected chi connectivity index (χ3v) is 8.15. The molecule has 0 amide bonds. The van der Waals surface area contributed by atoms with Crippen molar-refractivity contribution in [1.29, 1.82) is 0 Å². The summed E-state index contributed by atoms with van der Waals surface area (Å²) in [5, 5.41) is 10.1. The predicted octanol–water partition coefficient (Wildman–Crippen LogP) is 3.48. The van der Waals surface area contributed by atoms with E-state index in [1.54, 1.807) is 0 Å². The Morgan fingerprint density at radius 3 is 2.92 bits per heavy atom. The third kappa shape index (κ3) is 1.95. The zero-order chi connectivity index (χ0) is 16.5. The van der Waals surface area contributed by atoms with Gasteiger partial charge in [-0.2, -0.15) is 0 Å². The molecule has 0 spiro atoms. The van der Waals surface area contributed by atoms with Gasteiger partial charge in [-0.25, -0.2) is 0 Å². The molecule has 8 atom stereocenters. The fourth-order valence-corrected chi connectivity index (χ4v) is 6.80. The van der Waals surface area contributed by atoms with E-state index in [0.717, 1.165) is 45.3 Å². The molecular weight excluding hydrogens is 300 g/mol. The molecule has 24 heavy (non-hydrogen) atoms. The van der Waals surface area contributed by atoms with Gasteiger partial charge in [-0.1, -0.05) is 37.6 Å². The number of hydrogen-bond donors (Lipinski definition) is 1. The lowest BCUT2D eigenvalue weighted by Crippen LogP contribution is -2.50. The number of ether oxygens (including phenoxy) is 2. The standard InChI is InChI=1S/C21H30O3/c1-20-7-5-14(22)11-13(20)3-4-15-16(20)6-8-21(2)17(15)12-18-19(21)24-10-9-23-18/h3,6,8,14-19,22H,4-5,7,9-12H2,1-2H3/t14-,15+,16-,17-,18?,19?,20-,21-/m0/s1. The van der Waals surface area contributed by atoms with Gasteiger partial charge in [0.05, 0.1) is 31.5 Å². The van der Waals surface area contributed by atoms with Crippen LogP contribution in [0.4, 0.5) is 0 Å². The second kappa shape index (κ2) is 5.18. The van der Waals surface area contributed by atoms with Crippen molar-refractivity contribution in [1.82, 2.24) is 0 Å². The van der Waals surface area contributed by atoms with E-state index >= 15 is 0 Å². The molecule has 132 valence electrons. The van der Waals surface area contributed by atoms with Crippen molar-refractivity contribution in [3.8, 4) is 0 Å². The van der Waals surface area contributed by atoms with Crippen molar-refractivity contribution in [3.05, 3.63) is 23.8 Å². The summed E-state index contributed by atoms with van der Waals surface area (Å²) in [4.78, 5) is 0. The maximum absolute atomic E-state index is 10.1. The Labute approximate surface area is 145 Å². The average molecular weight is 330 g/mol. The molecule has 3 heteroatoms. The number of hydrogen-bond acceptors (Lipinski definition) is 3. The van der Waals surface area contributed by atoms with Gasteiger partial charge in [-0.3, -0.25) is 0 Å². The molecule has 0 aromatic carbocycles. The van der Waals surface area contributed by atoms with Crippen LogP contribution in [-0.2, 0) is 9.47 Å². The molecule has 3 fully saturated rings. The van der Waals surface area contributed by atoms with Crippen LogP contribution in [0, 0.1) is 28.6 Å². The Balaban J connectivity index is 1.52. The van der Waals surface area contributed by atoms with E-state index in [2.05, 4.69) is 32.1 Å². The minimum atomic E-state index is -0.130. The number of aliphatic hydroxyl groups excluding tert-OH is 1. The van der Waals surface area contributed by atoms with Gasteiger partial charge in [-0.15, -0.1) is 0 Å². The van der Waals surface area contributed by atoms with Gasteiger partial charge in [0.15, 0.2) is 0 Å². The van der Waals surface area contributed by atoms with Crippen LogP contribution in [0.25, 0.3) is 0 Å². The molecule has 2 saturated carbocycles. The van der Waals surface area contributed by atoms with E-state index in [9.17, 15) is 5.11 Å². The molecule has 5 aliphatic rings. The molecule has 4 aliphatic carbocycles. The first kappa shape index (κ1) is 15.6. The third-order valence-electron chi connectivity index (χ3n) is 8.15. The highest BCUT2D eigenvalue weighted by atomic mass is 16.6.